The maximum Gasteiger partial charge on any atom is 0.247 e. The van der Waals surface area contributed by atoms with Crippen molar-refractivity contribution in [3.8, 4) is 17.5 Å². The van der Waals surface area contributed by atoms with Crippen molar-refractivity contribution in [2.75, 3.05) is 13.1 Å². The molecule has 5 nitrogen and oxygen atoms in total. The van der Waals surface area contributed by atoms with Crippen molar-refractivity contribution in [2.24, 2.45) is 5.41 Å². The van der Waals surface area contributed by atoms with Crippen LogP contribution in [0.5, 0.6) is 0 Å². The third-order valence-electron chi connectivity index (χ3n) is 6.29. The van der Waals surface area contributed by atoms with E-state index in [0.29, 0.717) is 17.2 Å². The smallest absolute Gasteiger partial charge is 0.247 e. The van der Waals surface area contributed by atoms with E-state index in [0.717, 1.165) is 43.1 Å². The molecule has 1 saturated heterocycles. The molecule has 1 spiro atoms. The number of nitriles is 1. The van der Waals surface area contributed by atoms with Crippen LogP contribution in [0.2, 0.25) is 0 Å². The van der Waals surface area contributed by atoms with Gasteiger partial charge in [-0.25, -0.2) is 0 Å². The van der Waals surface area contributed by atoms with Crippen molar-refractivity contribution in [1.82, 2.24) is 15.1 Å². The third-order valence-corrected chi connectivity index (χ3v) is 6.29. The zero-order valence-corrected chi connectivity index (χ0v) is 15.7. The minimum absolute atomic E-state index is 0.349. The lowest BCUT2D eigenvalue weighted by Crippen LogP contribution is -2.34. The average molecular weight is 370 g/mol. The summed E-state index contributed by atoms with van der Waals surface area (Å²) in [6.45, 7) is 3.14. The number of hydrogen-bond acceptors (Lipinski definition) is 5. The van der Waals surface area contributed by atoms with Crippen molar-refractivity contribution in [2.45, 2.75) is 31.7 Å². The summed E-state index contributed by atoms with van der Waals surface area (Å²) in [7, 11) is 0. The molecule has 0 radical (unpaired) electrons. The van der Waals surface area contributed by atoms with E-state index in [4.69, 9.17) is 9.68 Å². The van der Waals surface area contributed by atoms with Crippen LogP contribution in [-0.2, 0) is 6.54 Å². The van der Waals surface area contributed by atoms with Gasteiger partial charge in [-0.2, -0.15) is 5.26 Å². The van der Waals surface area contributed by atoms with Gasteiger partial charge in [0.15, 0.2) is 0 Å². The van der Waals surface area contributed by atoms with E-state index < -0.39 is 0 Å². The van der Waals surface area contributed by atoms with Crippen LogP contribution in [0.1, 0.15) is 42.2 Å². The lowest BCUT2D eigenvalue weighted by molar-refractivity contribution is 0.160. The first-order valence-corrected chi connectivity index (χ1v) is 9.86. The molecule has 1 aliphatic carbocycles. The van der Waals surface area contributed by atoms with Gasteiger partial charge in [-0.05, 0) is 67.6 Å². The molecule has 1 aromatic heterocycles. The highest BCUT2D eigenvalue weighted by atomic mass is 16.4. The van der Waals surface area contributed by atoms with E-state index in [1.165, 1.54) is 18.4 Å². The molecule has 3 aromatic rings. The van der Waals surface area contributed by atoms with Gasteiger partial charge in [-0.3, -0.25) is 4.90 Å². The number of aromatic nitrogens is 2. The van der Waals surface area contributed by atoms with E-state index in [1.807, 2.05) is 42.5 Å². The van der Waals surface area contributed by atoms with Gasteiger partial charge < -0.3 is 4.42 Å². The van der Waals surface area contributed by atoms with Crippen molar-refractivity contribution in [3.05, 3.63) is 71.6 Å². The zero-order valence-electron chi connectivity index (χ0n) is 15.7. The predicted molar refractivity (Wildman–Crippen MR) is 105 cm³/mol. The fraction of sp³-hybridized carbons (Fsp3) is 0.348. The Morgan fingerprint density at radius 3 is 2.50 bits per heavy atom. The number of piperidine rings is 1. The molecule has 1 atom stereocenters. The van der Waals surface area contributed by atoms with Crippen LogP contribution in [0.4, 0.5) is 0 Å². The largest absolute Gasteiger partial charge is 0.420 e. The van der Waals surface area contributed by atoms with Crippen molar-refractivity contribution in [1.29, 1.82) is 5.26 Å². The molecule has 1 aliphatic heterocycles. The van der Waals surface area contributed by atoms with Crippen LogP contribution < -0.4 is 0 Å². The first-order valence-electron chi connectivity index (χ1n) is 9.86. The third kappa shape index (κ3) is 3.21. The predicted octanol–water partition coefficient (Wildman–Crippen LogP) is 4.38. The van der Waals surface area contributed by atoms with Gasteiger partial charge in [0.1, 0.15) is 0 Å². The highest BCUT2D eigenvalue weighted by molar-refractivity contribution is 5.51. The Bertz CT molecular complexity index is 995. The summed E-state index contributed by atoms with van der Waals surface area (Å²) < 4.78 is 6.00. The molecule has 2 aromatic carbocycles. The van der Waals surface area contributed by atoms with Gasteiger partial charge in [0, 0.05) is 18.0 Å². The van der Waals surface area contributed by atoms with E-state index in [1.54, 1.807) is 0 Å². The van der Waals surface area contributed by atoms with Gasteiger partial charge in [0.2, 0.25) is 11.8 Å². The molecule has 2 aliphatic rings. The highest BCUT2D eigenvalue weighted by Gasteiger charge is 2.58. The monoisotopic (exact) mass is 370 g/mol. The van der Waals surface area contributed by atoms with E-state index >= 15 is 0 Å². The van der Waals surface area contributed by atoms with Crippen LogP contribution in [0.25, 0.3) is 11.5 Å². The maximum atomic E-state index is 8.92. The second-order valence-corrected chi connectivity index (χ2v) is 8.02. The zero-order chi connectivity index (χ0) is 19.0. The summed E-state index contributed by atoms with van der Waals surface area (Å²) in [5.74, 6) is 1.84. The first kappa shape index (κ1) is 17.2. The van der Waals surface area contributed by atoms with Crippen LogP contribution in [0, 0.1) is 16.7 Å². The number of rotatable bonds is 4. The topological polar surface area (TPSA) is 66.0 Å². The Hall–Kier alpha value is -2.97. The summed E-state index contributed by atoms with van der Waals surface area (Å²) >= 11 is 0. The number of likely N-dealkylation sites (tertiary alicyclic amines) is 1. The Morgan fingerprint density at radius 2 is 1.79 bits per heavy atom. The summed E-state index contributed by atoms with van der Waals surface area (Å²) in [5, 5.41) is 17.5. The fourth-order valence-corrected chi connectivity index (χ4v) is 4.42. The van der Waals surface area contributed by atoms with E-state index in [9.17, 15) is 0 Å². The van der Waals surface area contributed by atoms with Crippen LogP contribution in [0.15, 0.2) is 59.0 Å². The quantitative estimate of drug-likeness (QED) is 0.682. The molecule has 2 fully saturated rings. The van der Waals surface area contributed by atoms with Gasteiger partial charge in [-0.1, -0.05) is 30.3 Å². The molecule has 0 unspecified atom stereocenters. The second kappa shape index (κ2) is 6.88. The molecule has 2 heterocycles. The molecule has 5 rings (SSSR count). The van der Waals surface area contributed by atoms with E-state index in [2.05, 4.69) is 33.3 Å². The Kier molecular flexibility index (Phi) is 4.22. The second-order valence-electron chi connectivity index (χ2n) is 8.02. The maximum absolute atomic E-state index is 8.92. The standard InChI is InChI=1S/C23H22N4O/c24-15-17-6-8-18(9-7-17)16-27-12-10-23(11-13-27)14-20(23)22-26-25-21(28-22)19-4-2-1-3-5-19/h1-9,20H,10-14,16H2/t20-/m1/s1. The van der Waals surface area contributed by atoms with E-state index in [-0.39, 0.29) is 0 Å². The Morgan fingerprint density at radius 1 is 1.04 bits per heavy atom. The average Bonchev–Trinajstić information content (AvgIpc) is 3.22. The van der Waals surface area contributed by atoms with Crippen LogP contribution >= 0.6 is 0 Å². The number of benzene rings is 2. The van der Waals surface area contributed by atoms with Gasteiger partial charge in [-0.15, -0.1) is 10.2 Å². The SMILES string of the molecule is N#Cc1ccc(CN2CCC3(CC2)C[C@@H]3c2nnc(-c3ccccc3)o2)cc1. The molecule has 5 heteroatoms. The molecular weight excluding hydrogens is 348 g/mol. The van der Waals surface area contributed by atoms with Crippen molar-refractivity contribution >= 4 is 0 Å². The summed E-state index contributed by atoms with van der Waals surface area (Å²) in [5.41, 5.74) is 3.32. The number of hydrogen-bond donors (Lipinski definition) is 0. The highest BCUT2D eigenvalue weighted by Crippen LogP contribution is 2.64. The first-order chi connectivity index (χ1) is 13.8. The number of nitrogens with zero attached hydrogens (tertiary/aromatic N) is 4. The molecule has 28 heavy (non-hydrogen) atoms. The molecule has 0 N–H and O–H groups in total. The molecule has 140 valence electrons. The summed E-state index contributed by atoms with van der Waals surface area (Å²) in [6, 6.07) is 20.1. The summed E-state index contributed by atoms with van der Waals surface area (Å²) in [6.07, 6.45) is 3.52. The summed E-state index contributed by atoms with van der Waals surface area (Å²) in [4.78, 5) is 2.51. The van der Waals surface area contributed by atoms with Crippen molar-refractivity contribution in [3.63, 3.8) is 0 Å². The van der Waals surface area contributed by atoms with Gasteiger partial charge >= 0.3 is 0 Å². The van der Waals surface area contributed by atoms with Gasteiger partial charge in [0.25, 0.3) is 0 Å². The molecule has 0 bridgehead atoms. The van der Waals surface area contributed by atoms with Crippen LogP contribution in [0.3, 0.4) is 0 Å². The Labute approximate surface area is 164 Å². The lowest BCUT2D eigenvalue weighted by Gasteiger charge is -2.32. The van der Waals surface area contributed by atoms with Crippen LogP contribution in [-0.4, -0.2) is 28.2 Å². The lowest BCUT2D eigenvalue weighted by atomic mass is 9.90. The van der Waals surface area contributed by atoms with Gasteiger partial charge in [0.05, 0.1) is 11.6 Å². The Balaban J connectivity index is 1.20. The molecular formula is C23H22N4O. The van der Waals surface area contributed by atoms with Crippen molar-refractivity contribution < 1.29 is 4.42 Å². The minimum atomic E-state index is 0.349. The molecule has 1 saturated carbocycles. The minimum Gasteiger partial charge on any atom is -0.420 e. The normalized spacial score (nSPS) is 20.8. The fourth-order valence-electron chi connectivity index (χ4n) is 4.42. The molecule has 0 amide bonds.